The van der Waals surface area contributed by atoms with Crippen LogP contribution in [0.3, 0.4) is 0 Å². The molecule has 6 nitrogen and oxygen atoms in total. The third kappa shape index (κ3) is 2.61. The summed E-state index contributed by atoms with van der Waals surface area (Å²) in [5.74, 6) is 0.0533. The number of rotatable bonds is 2. The van der Waals surface area contributed by atoms with Crippen LogP contribution in [0.25, 0.3) is 0 Å². The third-order valence-corrected chi connectivity index (χ3v) is 3.96. The highest BCUT2D eigenvalue weighted by Crippen LogP contribution is 2.20. The fourth-order valence-corrected chi connectivity index (χ4v) is 2.68. The Hall–Kier alpha value is -2.37. The minimum atomic E-state index is 0.0533. The maximum absolute atomic E-state index is 12.4. The number of aromatic nitrogens is 3. The molecule has 0 unspecified atom stereocenters. The van der Waals surface area contributed by atoms with Crippen molar-refractivity contribution in [2.45, 2.75) is 6.92 Å². The van der Waals surface area contributed by atoms with Crippen molar-refractivity contribution in [2.24, 2.45) is 7.05 Å². The molecule has 3 rings (SSSR count). The average molecular weight is 285 g/mol. The van der Waals surface area contributed by atoms with Gasteiger partial charge in [0.2, 0.25) is 0 Å². The number of hydrogen-bond donors (Lipinski definition) is 0. The number of piperazine rings is 1. The van der Waals surface area contributed by atoms with E-state index in [0.717, 1.165) is 31.9 Å². The highest BCUT2D eigenvalue weighted by Gasteiger charge is 2.24. The normalized spacial score (nSPS) is 15.3. The molecule has 21 heavy (non-hydrogen) atoms. The molecule has 6 heteroatoms. The third-order valence-electron chi connectivity index (χ3n) is 3.96. The average Bonchev–Trinajstić information content (AvgIpc) is 2.93. The zero-order valence-corrected chi connectivity index (χ0v) is 12.4. The standard InChI is InChI=1S/C15H19N5O/c1-12-3-5-16-11-14(12)19-7-9-20(10-8-19)15(21)13-4-6-17-18(13)2/h3-6,11H,7-10H2,1-2H3. The van der Waals surface area contributed by atoms with E-state index in [1.807, 2.05) is 17.2 Å². The van der Waals surface area contributed by atoms with Gasteiger partial charge in [-0.2, -0.15) is 5.10 Å². The van der Waals surface area contributed by atoms with E-state index in [-0.39, 0.29) is 5.91 Å². The summed E-state index contributed by atoms with van der Waals surface area (Å²) >= 11 is 0. The Labute approximate surface area is 124 Å². The molecule has 0 aromatic carbocycles. The Morgan fingerprint density at radius 3 is 2.52 bits per heavy atom. The van der Waals surface area contributed by atoms with Crippen molar-refractivity contribution in [2.75, 3.05) is 31.1 Å². The van der Waals surface area contributed by atoms with E-state index in [1.165, 1.54) is 5.56 Å². The first-order valence-corrected chi connectivity index (χ1v) is 7.09. The summed E-state index contributed by atoms with van der Waals surface area (Å²) < 4.78 is 1.62. The van der Waals surface area contributed by atoms with Gasteiger partial charge in [-0.15, -0.1) is 0 Å². The molecule has 1 aliphatic heterocycles. The zero-order chi connectivity index (χ0) is 14.8. The molecular weight excluding hydrogens is 266 g/mol. The van der Waals surface area contributed by atoms with Crippen molar-refractivity contribution < 1.29 is 4.79 Å². The van der Waals surface area contributed by atoms with Gasteiger partial charge in [0, 0.05) is 45.6 Å². The Bertz CT molecular complexity index is 643. The predicted octanol–water partition coefficient (Wildman–Crippen LogP) is 1.09. The lowest BCUT2D eigenvalue weighted by Crippen LogP contribution is -2.49. The van der Waals surface area contributed by atoms with Crippen LogP contribution < -0.4 is 4.90 Å². The van der Waals surface area contributed by atoms with Gasteiger partial charge in [0.25, 0.3) is 5.91 Å². The summed E-state index contributed by atoms with van der Waals surface area (Å²) in [6, 6.07) is 3.78. The van der Waals surface area contributed by atoms with Crippen molar-refractivity contribution in [3.8, 4) is 0 Å². The van der Waals surface area contributed by atoms with Gasteiger partial charge in [-0.25, -0.2) is 0 Å². The topological polar surface area (TPSA) is 54.3 Å². The van der Waals surface area contributed by atoms with Crippen LogP contribution in [0.2, 0.25) is 0 Å². The quantitative estimate of drug-likeness (QED) is 0.829. The molecule has 0 bridgehead atoms. The van der Waals surface area contributed by atoms with Crippen molar-refractivity contribution in [1.82, 2.24) is 19.7 Å². The second kappa shape index (κ2) is 5.55. The minimum Gasteiger partial charge on any atom is -0.367 e. The van der Waals surface area contributed by atoms with Gasteiger partial charge in [-0.05, 0) is 24.6 Å². The number of nitrogens with zero attached hydrogens (tertiary/aromatic N) is 5. The molecule has 0 spiro atoms. The molecule has 0 aliphatic carbocycles. The maximum atomic E-state index is 12.4. The van der Waals surface area contributed by atoms with E-state index >= 15 is 0 Å². The SMILES string of the molecule is Cc1ccncc1N1CCN(C(=O)c2ccnn2C)CC1. The second-order valence-electron chi connectivity index (χ2n) is 5.28. The number of aryl methyl sites for hydroxylation is 2. The molecule has 1 saturated heterocycles. The monoisotopic (exact) mass is 285 g/mol. The molecule has 0 saturated carbocycles. The Kier molecular flexibility index (Phi) is 3.60. The number of amides is 1. The van der Waals surface area contributed by atoms with Crippen LogP contribution >= 0.6 is 0 Å². The largest absolute Gasteiger partial charge is 0.367 e. The highest BCUT2D eigenvalue weighted by atomic mass is 16.2. The van der Waals surface area contributed by atoms with Crippen LogP contribution in [0.15, 0.2) is 30.7 Å². The summed E-state index contributed by atoms with van der Waals surface area (Å²) in [7, 11) is 1.79. The van der Waals surface area contributed by atoms with Gasteiger partial charge in [-0.3, -0.25) is 14.5 Å². The molecule has 0 radical (unpaired) electrons. The molecule has 1 fully saturated rings. The number of pyridine rings is 1. The molecule has 2 aromatic rings. The van der Waals surface area contributed by atoms with Gasteiger partial charge in [0.1, 0.15) is 5.69 Å². The minimum absolute atomic E-state index is 0.0533. The summed E-state index contributed by atoms with van der Waals surface area (Å²) in [6.45, 7) is 5.19. The van der Waals surface area contributed by atoms with Crippen LogP contribution in [0, 0.1) is 6.92 Å². The number of carbonyl (C=O) groups excluding carboxylic acids is 1. The molecule has 110 valence electrons. The Morgan fingerprint density at radius 2 is 1.90 bits per heavy atom. The van der Waals surface area contributed by atoms with Crippen molar-refractivity contribution in [3.63, 3.8) is 0 Å². The van der Waals surface area contributed by atoms with Crippen LogP contribution in [0.4, 0.5) is 5.69 Å². The van der Waals surface area contributed by atoms with E-state index < -0.39 is 0 Å². The molecule has 3 heterocycles. The van der Waals surface area contributed by atoms with Crippen LogP contribution in [-0.2, 0) is 7.05 Å². The molecule has 0 atom stereocenters. The number of anilines is 1. The zero-order valence-electron chi connectivity index (χ0n) is 12.4. The van der Waals surface area contributed by atoms with Crippen LogP contribution in [-0.4, -0.2) is 51.8 Å². The van der Waals surface area contributed by atoms with Gasteiger partial charge < -0.3 is 9.80 Å². The Morgan fingerprint density at radius 1 is 1.14 bits per heavy atom. The fourth-order valence-electron chi connectivity index (χ4n) is 2.68. The molecule has 2 aromatic heterocycles. The van der Waals surface area contributed by atoms with E-state index in [9.17, 15) is 4.79 Å². The van der Waals surface area contributed by atoms with Crippen molar-refractivity contribution in [1.29, 1.82) is 0 Å². The number of hydrogen-bond acceptors (Lipinski definition) is 4. The highest BCUT2D eigenvalue weighted by molar-refractivity contribution is 5.92. The molecule has 1 aliphatic rings. The number of carbonyl (C=O) groups is 1. The first-order chi connectivity index (χ1) is 10.2. The van der Waals surface area contributed by atoms with E-state index in [2.05, 4.69) is 21.9 Å². The van der Waals surface area contributed by atoms with Gasteiger partial charge in [-0.1, -0.05) is 0 Å². The van der Waals surface area contributed by atoms with E-state index in [1.54, 1.807) is 30.2 Å². The Balaban J connectivity index is 1.67. The first-order valence-electron chi connectivity index (χ1n) is 7.09. The smallest absolute Gasteiger partial charge is 0.272 e. The lowest BCUT2D eigenvalue weighted by atomic mass is 10.2. The van der Waals surface area contributed by atoms with Gasteiger partial charge >= 0.3 is 0 Å². The summed E-state index contributed by atoms with van der Waals surface area (Å²) in [5, 5.41) is 4.06. The van der Waals surface area contributed by atoms with E-state index in [0.29, 0.717) is 5.69 Å². The maximum Gasteiger partial charge on any atom is 0.272 e. The van der Waals surface area contributed by atoms with Crippen LogP contribution in [0.1, 0.15) is 16.1 Å². The fraction of sp³-hybridized carbons (Fsp3) is 0.400. The van der Waals surface area contributed by atoms with Crippen molar-refractivity contribution >= 4 is 11.6 Å². The predicted molar refractivity (Wildman–Crippen MR) is 80.3 cm³/mol. The van der Waals surface area contributed by atoms with E-state index in [4.69, 9.17) is 0 Å². The lowest BCUT2D eigenvalue weighted by Gasteiger charge is -2.36. The molecule has 1 amide bonds. The van der Waals surface area contributed by atoms with Crippen molar-refractivity contribution in [3.05, 3.63) is 42.0 Å². The molecular formula is C15H19N5O. The lowest BCUT2D eigenvalue weighted by molar-refractivity contribution is 0.0735. The first kappa shape index (κ1) is 13.6. The van der Waals surface area contributed by atoms with Crippen LogP contribution in [0.5, 0.6) is 0 Å². The summed E-state index contributed by atoms with van der Waals surface area (Å²) in [6.07, 6.45) is 5.36. The summed E-state index contributed by atoms with van der Waals surface area (Å²) in [5.41, 5.74) is 3.02. The summed E-state index contributed by atoms with van der Waals surface area (Å²) in [4.78, 5) is 20.8. The molecule has 0 N–H and O–H groups in total. The van der Waals surface area contributed by atoms with Gasteiger partial charge in [0.05, 0.1) is 11.9 Å². The second-order valence-corrected chi connectivity index (χ2v) is 5.28. The van der Waals surface area contributed by atoms with Gasteiger partial charge in [0.15, 0.2) is 0 Å².